The summed E-state index contributed by atoms with van der Waals surface area (Å²) in [6, 6.07) is 10.1. The molecule has 3 aromatic heterocycles. The number of rotatable bonds is 5. The number of pyridine rings is 1. The predicted molar refractivity (Wildman–Crippen MR) is 124 cm³/mol. The van der Waals surface area contributed by atoms with Crippen LogP contribution in [0.1, 0.15) is 29.1 Å². The van der Waals surface area contributed by atoms with Crippen molar-refractivity contribution in [2.24, 2.45) is 0 Å². The van der Waals surface area contributed by atoms with Crippen LogP contribution in [0.2, 0.25) is 0 Å². The molecule has 9 nitrogen and oxygen atoms in total. The minimum Gasteiger partial charge on any atom is -0.391 e. The van der Waals surface area contributed by atoms with Gasteiger partial charge in [0.05, 0.1) is 40.8 Å². The van der Waals surface area contributed by atoms with Gasteiger partial charge < -0.3 is 15.3 Å². The van der Waals surface area contributed by atoms with Crippen LogP contribution in [-0.4, -0.2) is 44.0 Å². The highest BCUT2D eigenvalue weighted by Gasteiger charge is 2.23. The Labute approximate surface area is 188 Å². The highest BCUT2D eigenvalue weighted by atomic mass is 32.1. The lowest BCUT2D eigenvalue weighted by Crippen LogP contribution is -2.37. The number of carbonyl (C=O) groups is 1. The molecule has 0 radical (unpaired) electrons. The van der Waals surface area contributed by atoms with E-state index in [9.17, 15) is 9.90 Å². The summed E-state index contributed by atoms with van der Waals surface area (Å²) in [5, 5.41) is 24.1. The van der Waals surface area contributed by atoms with Crippen molar-refractivity contribution in [3.8, 4) is 0 Å². The molecular weight excluding hydrogens is 426 g/mol. The van der Waals surface area contributed by atoms with E-state index in [1.165, 1.54) is 10.6 Å². The standard InChI is InChI=1S/C22H23N7O2S/c1-13(30)20(14-5-3-2-4-6-14)26-22(31)25-19-9-17-15(10-23-19)21(28-27-17)29-8-7-16-18(11-29)32-12-24-16/h2-6,9-10,12-13,20,30H,7-8,11H2,1H3,(H,27,28)(H2,23,25,26,31). The third kappa shape index (κ3) is 4.02. The monoisotopic (exact) mass is 449 g/mol. The lowest BCUT2D eigenvalue weighted by atomic mass is 10.0. The van der Waals surface area contributed by atoms with Crippen LogP contribution in [0.5, 0.6) is 0 Å². The number of hydrogen-bond acceptors (Lipinski definition) is 7. The number of carbonyl (C=O) groups excluding carboxylic acids is 1. The summed E-state index contributed by atoms with van der Waals surface area (Å²) in [7, 11) is 0. The Hall–Kier alpha value is -3.50. The maximum Gasteiger partial charge on any atom is 0.320 e. The number of aromatic amines is 1. The number of hydrogen-bond donors (Lipinski definition) is 4. The van der Waals surface area contributed by atoms with Gasteiger partial charge in [-0.1, -0.05) is 30.3 Å². The van der Waals surface area contributed by atoms with E-state index in [1.807, 2.05) is 35.8 Å². The summed E-state index contributed by atoms with van der Waals surface area (Å²) >= 11 is 1.67. The molecule has 1 aliphatic rings. The maximum absolute atomic E-state index is 12.6. The zero-order chi connectivity index (χ0) is 22.1. The molecule has 5 rings (SSSR count). The molecule has 2 unspecified atom stereocenters. The first kappa shape index (κ1) is 20.4. The average molecular weight is 450 g/mol. The smallest absolute Gasteiger partial charge is 0.320 e. The molecule has 4 heterocycles. The Kier molecular flexibility index (Phi) is 5.46. The van der Waals surface area contributed by atoms with E-state index in [2.05, 4.69) is 35.7 Å². The Balaban J connectivity index is 1.30. The second-order valence-electron chi connectivity index (χ2n) is 7.78. The second-order valence-corrected chi connectivity index (χ2v) is 8.72. The molecule has 164 valence electrons. The van der Waals surface area contributed by atoms with Crippen LogP contribution in [-0.2, 0) is 13.0 Å². The van der Waals surface area contributed by atoms with Crippen LogP contribution in [0.4, 0.5) is 16.4 Å². The Morgan fingerprint density at radius 3 is 2.94 bits per heavy atom. The Morgan fingerprint density at radius 2 is 2.12 bits per heavy atom. The second kappa shape index (κ2) is 8.56. The zero-order valence-corrected chi connectivity index (χ0v) is 18.3. The van der Waals surface area contributed by atoms with Crippen molar-refractivity contribution in [2.45, 2.75) is 32.0 Å². The van der Waals surface area contributed by atoms with Gasteiger partial charge in [0.1, 0.15) is 5.82 Å². The number of aliphatic hydroxyl groups is 1. The number of benzene rings is 1. The van der Waals surface area contributed by atoms with E-state index in [4.69, 9.17) is 0 Å². The maximum atomic E-state index is 12.6. The van der Waals surface area contributed by atoms with Gasteiger partial charge in [-0.3, -0.25) is 10.4 Å². The van der Waals surface area contributed by atoms with Crippen LogP contribution in [0, 0.1) is 0 Å². The Morgan fingerprint density at radius 1 is 1.28 bits per heavy atom. The highest BCUT2D eigenvalue weighted by Crippen LogP contribution is 2.30. The predicted octanol–water partition coefficient (Wildman–Crippen LogP) is 3.22. The number of fused-ring (bicyclic) bond motifs is 2. The number of nitrogens with zero attached hydrogens (tertiary/aromatic N) is 4. The van der Waals surface area contributed by atoms with E-state index >= 15 is 0 Å². The van der Waals surface area contributed by atoms with E-state index in [0.29, 0.717) is 5.82 Å². The fraction of sp³-hybridized carbons (Fsp3) is 0.273. The molecule has 0 bridgehead atoms. The number of nitrogens with one attached hydrogen (secondary N) is 3. The molecule has 0 saturated heterocycles. The summed E-state index contributed by atoms with van der Waals surface area (Å²) in [4.78, 5) is 24.9. The van der Waals surface area contributed by atoms with Gasteiger partial charge in [0.25, 0.3) is 0 Å². The number of aromatic nitrogens is 4. The fourth-order valence-electron chi connectivity index (χ4n) is 3.95. The minimum atomic E-state index is -0.752. The summed E-state index contributed by atoms with van der Waals surface area (Å²) in [6.45, 7) is 3.27. The number of H-pyrrole nitrogens is 1. The number of anilines is 2. The van der Waals surface area contributed by atoms with Gasteiger partial charge in [-0.2, -0.15) is 5.10 Å². The van der Waals surface area contributed by atoms with Gasteiger partial charge in [0.2, 0.25) is 0 Å². The van der Waals surface area contributed by atoms with E-state index in [0.717, 1.165) is 41.8 Å². The van der Waals surface area contributed by atoms with Crippen LogP contribution in [0.3, 0.4) is 0 Å². The molecule has 0 aliphatic carbocycles. The molecule has 10 heteroatoms. The van der Waals surface area contributed by atoms with Gasteiger partial charge in [0.15, 0.2) is 5.82 Å². The molecule has 0 saturated carbocycles. The number of thiazole rings is 1. The minimum absolute atomic E-state index is 0.394. The van der Waals surface area contributed by atoms with E-state index < -0.39 is 18.2 Å². The van der Waals surface area contributed by atoms with Gasteiger partial charge >= 0.3 is 6.03 Å². The van der Waals surface area contributed by atoms with Crippen molar-refractivity contribution in [1.82, 2.24) is 25.5 Å². The normalized spacial score (nSPS) is 15.2. The molecule has 2 amide bonds. The van der Waals surface area contributed by atoms with E-state index in [-0.39, 0.29) is 0 Å². The largest absolute Gasteiger partial charge is 0.391 e. The van der Waals surface area contributed by atoms with Gasteiger partial charge in [0, 0.05) is 30.1 Å². The van der Waals surface area contributed by atoms with Crippen LogP contribution in [0.25, 0.3) is 10.9 Å². The summed E-state index contributed by atoms with van der Waals surface area (Å²) in [5.41, 5.74) is 4.68. The quantitative estimate of drug-likeness (QED) is 0.371. The first-order valence-corrected chi connectivity index (χ1v) is 11.3. The first-order valence-electron chi connectivity index (χ1n) is 10.4. The first-order chi connectivity index (χ1) is 15.6. The molecule has 2 atom stereocenters. The molecule has 1 aliphatic heterocycles. The SMILES string of the molecule is CC(O)C(NC(=O)Nc1cc2[nH]nc(N3CCc4ncsc4C3)c2cn1)c1ccccc1. The molecule has 0 spiro atoms. The molecule has 32 heavy (non-hydrogen) atoms. The molecule has 4 aromatic rings. The fourth-order valence-corrected chi connectivity index (χ4v) is 4.77. The van der Waals surface area contributed by atoms with E-state index in [1.54, 1.807) is 30.5 Å². The average Bonchev–Trinajstić information content (AvgIpc) is 3.44. The Bertz CT molecular complexity index is 1240. The van der Waals surface area contributed by atoms with Gasteiger partial charge in [-0.05, 0) is 12.5 Å². The molecule has 0 fully saturated rings. The molecular formula is C22H23N7O2S. The number of amides is 2. The van der Waals surface area contributed by atoms with Crippen LogP contribution in [0.15, 0.2) is 48.1 Å². The van der Waals surface area contributed by atoms with Crippen LogP contribution >= 0.6 is 11.3 Å². The van der Waals surface area contributed by atoms with Crippen molar-refractivity contribution in [1.29, 1.82) is 0 Å². The lowest BCUT2D eigenvalue weighted by Gasteiger charge is -2.26. The third-order valence-corrected chi connectivity index (χ3v) is 6.43. The lowest BCUT2D eigenvalue weighted by molar-refractivity contribution is 0.148. The van der Waals surface area contributed by atoms with Crippen molar-refractivity contribution >= 4 is 39.9 Å². The van der Waals surface area contributed by atoms with Crippen molar-refractivity contribution < 1.29 is 9.90 Å². The summed E-state index contributed by atoms with van der Waals surface area (Å²) in [5.74, 6) is 1.24. The zero-order valence-electron chi connectivity index (χ0n) is 17.4. The van der Waals surface area contributed by atoms with Crippen molar-refractivity contribution in [3.05, 3.63) is 64.2 Å². The molecule has 1 aromatic carbocycles. The number of urea groups is 1. The van der Waals surface area contributed by atoms with Gasteiger partial charge in [-0.25, -0.2) is 14.8 Å². The van der Waals surface area contributed by atoms with Crippen molar-refractivity contribution in [3.63, 3.8) is 0 Å². The topological polar surface area (TPSA) is 119 Å². The summed E-state index contributed by atoms with van der Waals surface area (Å²) in [6.07, 6.45) is 1.86. The van der Waals surface area contributed by atoms with Gasteiger partial charge in [-0.15, -0.1) is 11.3 Å². The number of aliphatic hydroxyl groups excluding tert-OH is 1. The highest BCUT2D eigenvalue weighted by molar-refractivity contribution is 7.09. The van der Waals surface area contributed by atoms with Crippen LogP contribution < -0.4 is 15.5 Å². The molecule has 4 N–H and O–H groups in total. The van der Waals surface area contributed by atoms with Crippen molar-refractivity contribution in [2.75, 3.05) is 16.8 Å². The third-order valence-electron chi connectivity index (χ3n) is 5.57. The summed E-state index contributed by atoms with van der Waals surface area (Å²) < 4.78 is 0.